The number of H-pyrrole nitrogens is 1. The number of para-hydroxylation sites is 1. The van der Waals surface area contributed by atoms with Crippen molar-refractivity contribution in [2.75, 3.05) is 16.8 Å². The number of carbonyl (C=O) groups is 3. The number of aromatic amines is 1. The first-order chi connectivity index (χ1) is 23.4. The van der Waals surface area contributed by atoms with Gasteiger partial charge in [0.2, 0.25) is 11.8 Å². The molecule has 2 bridgehead atoms. The second-order valence-corrected chi connectivity index (χ2v) is 15.2. The van der Waals surface area contributed by atoms with Gasteiger partial charge in [-0.3, -0.25) is 19.2 Å². The van der Waals surface area contributed by atoms with Crippen molar-refractivity contribution in [2.45, 2.75) is 28.8 Å². The molecule has 2 saturated carbocycles. The Labute approximate surface area is 288 Å². The highest BCUT2D eigenvalue weighted by Gasteiger charge is 2.70. The molecule has 3 heterocycles. The first-order valence-electron chi connectivity index (χ1n) is 15.3. The molecule has 49 heavy (non-hydrogen) atoms. The van der Waals surface area contributed by atoms with Crippen molar-refractivity contribution in [3.63, 3.8) is 0 Å². The van der Waals surface area contributed by atoms with Crippen LogP contribution in [0.1, 0.15) is 28.3 Å². The predicted molar refractivity (Wildman–Crippen MR) is 174 cm³/mol. The number of benzene rings is 3. The van der Waals surface area contributed by atoms with Crippen molar-refractivity contribution in [1.29, 1.82) is 0 Å². The molecule has 0 spiro atoms. The first kappa shape index (κ1) is 32.1. The molecule has 2 N–H and O–H groups in total. The van der Waals surface area contributed by atoms with Crippen molar-refractivity contribution >= 4 is 63.8 Å². The number of imide groups is 1. The van der Waals surface area contributed by atoms with Gasteiger partial charge in [-0.2, -0.15) is 13.2 Å². The van der Waals surface area contributed by atoms with Crippen LogP contribution >= 0.6 is 34.7 Å². The highest BCUT2D eigenvalue weighted by molar-refractivity contribution is 8.00. The van der Waals surface area contributed by atoms with E-state index in [1.807, 2.05) is 0 Å². The average Bonchev–Trinajstić information content (AvgIpc) is 3.80. The van der Waals surface area contributed by atoms with Crippen LogP contribution in [-0.2, 0) is 20.6 Å². The van der Waals surface area contributed by atoms with Gasteiger partial charge < -0.3 is 15.0 Å². The van der Waals surface area contributed by atoms with Crippen LogP contribution in [0.2, 0.25) is 5.02 Å². The Morgan fingerprint density at radius 1 is 1.00 bits per heavy atom. The molecule has 8 nitrogen and oxygen atoms in total. The molecular formula is C34H24ClF4N3O5S2. The van der Waals surface area contributed by atoms with Gasteiger partial charge in [0.1, 0.15) is 11.6 Å². The molecule has 1 saturated heterocycles. The number of nitrogens with zero attached hydrogens (tertiary/aromatic N) is 1. The molecule has 252 valence electrons. The van der Waals surface area contributed by atoms with Gasteiger partial charge in [0, 0.05) is 32.3 Å². The van der Waals surface area contributed by atoms with Gasteiger partial charge in [-0.1, -0.05) is 35.1 Å². The van der Waals surface area contributed by atoms with Gasteiger partial charge in [-0.25, -0.2) is 9.29 Å². The van der Waals surface area contributed by atoms with Crippen molar-refractivity contribution in [1.82, 2.24) is 4.98 Å². The number of amides is 3. The number of aromatic nitrogens is 1. The molecule has 2 aliphatic carbocycles. The molecule has 3 aromatic carbocycles. The molecule has 3 amide bonds. The number of carbonyl (C=O) groups excluding carboxylic acids is 3. The molecule has 1 aromatic heterocycles. The smallest absolute Gasteiger partial charge is 0.418 e. The fourth-order valence-corrected chi connectivity index (χ4v) is 11.3. The van der Waals surface area contributed by atoms with Crippen molar-refractivity contribution in [2.24, 2.45) is 29.6 Å². The van der Waals surface area contributed by atoms with E-state index in [1.165, 1.54) is 48.2 Å². The van der Waals surface area contributed by atoms with E-state index in [2.05, 4.69) is 10.3 Å². The summed E-state index contributed by atoms with van der Waals surface area (Å²) in [6.45, 7) is -0.408. The van der Waals surface area contributed by atoms with Gasteiger partial charge >= 0.3 is 11.0 Å². The summed E-state index contributed by atoms with van der Waals surface area (Å²) in [5, 5.41) is 3.37. The minimum atomic E-state index is -4.78. The zero-order valence-corrected chi connectivity index (χ0v) is 27.4. The van der Waals surface area contributed by atoms with Gasteiger partial charge in [-0.05, 0) is 78.8 Å². The Morgan fingerprint density at radius 3 is 2.45 bits per heavy atom. The number of alkyl halides is 3. The van der Waals surface area contributed by atoms with Gasteiger partial charge in [0.25, 0.3) is 5.91 Å². The van der Waals surface area contributed by atoms with Crippen LogP contribution in [0.5, 0.6) is 5.75 Å². The minimum absolute atomic E-state index is 0.253. The summed E-state index contributed by atoms with van der Waals surface area (Å²) in [4.78, 5) is 57.5. The number of thioether (sulfide) groups is 1. The van der Waals surface area contributed by atoms with Crippen LogP contribution in [0.4, 0.5) is 28.9 Å². The molecule has 4 aromatic rings. The fourth-order valence-electron chi connectivity index (χ4n) is 8.28. The summed E-state index contributed by atoms with van der Waals surface area (Å²) in [5.41, 5.74) is -0.579. The van der Waals surface area contributed by atoms with Crippen molar-refractivity contribution < 1.29 is 36.7 Å². The average molecular weight is 730 g/mol. The Morgan fingerprint density at radius 2 is 1.71 bits per heavy atom. The van der Waals surface area contributed by atoms with Crippen LogP contribution in [0.15, 0.2) is 76.6 Å². The fraction of sp³-hybridized carbons (Fsp3) is 0.294. The number of rotatable bonds is 6. The monoisotopic (exact) mass is 729 g/mol. The molecule has 7 atom stereocenters. The number of hydrogen-bond acceptors (Lipinski definition) is 7. The van der Waals surface area contributed by atoms with Crippen LogP contribution in [0.3, 0.4) is 0 Å². The molecule has 8 rings (SSSR count). The summed E-state index contributed by atoms with van der Waals surface area (Å²) in [6, 6.07) is 14.7. The number of anilines is 2. The molecule has 0 radical (unpaired) electrons. The van der Waals surface area contributed by atoms with Crippen LogP contribution < -0.4 is 19.8 Å². The molecular weight excluding hydrogens is 706 g/mol. The highest BCUT2D eigenvalue weighted by atomic mass is 35.5. The van der Waals surface area contributed by atoms with Gasteiger partial charge in [0.15, 0.2) is 6.61 Å². The van der Waals surface area contributed by atoms with Crippen LogP contribution in [0, 0.1) is 35.4 Å². The molecule has 3 fully saturated rings. The lowest BCUT2D eigenvalue weighted by atomic mass is 9.68. The summed E-state index contributed by atoms with van der Waals surface area (Å²) >= 11 is 8.95. The summed E-state index contributed by atoms with van der Waals surface area (Å²) in [6.07, 6.45) is -4.27. The number of fused-ring (bicyclic) bond motifs is 9. The van der Waals surface area contributed by atoms with Gasteiger partial charge in [-0.15, -0.1) is 11.8 Å². The largest absolute Gasteiger partial charge is 0.483 e. The Bertz CT molecular complexity index is 2090. The summed E-state index contributed by atoms with van der Waals surface area (Å²) < 4.78 is 61.4. The Hall–Kier alpha value is -4.14. The normalized spacial score (nSPS) is 26.8. The number of halogens is 5. The molecule has 4 aliphatic rings. The lowest BCUT2D eigenvalue weighted by Gasteiger charge is -2.43. The quantitative estimate of drug-likeness (QED) is 0.165. The third-order valence-electron chi connectivity index (χ3n) is 9.97. The van der Waals surface area contributed by atoms with Crippen molar-refractivity contribution in [3.8, 4) is 5.75 Å². The van der Waals surface area contributed by atoms with E-state index in [4.69, 9.17) is 16.3 Å². The van der Waals surface area contributed by atoms with E-state index >= 15 is 0 Å². The van der Waals surface area contributed by atoms with Crippen LogP contribution in [-0.4, -0.2) is 34.6 Å². The molecule has 15 heteroatoms. The van der Waals surface area contributed by atoms with E-state index < -0.39 is 71.2 Å². The predicted octanol–water partition coefficient (Wildman–Crippen LogP) is 6.94. The second kappa shape index (κ2) is 11.7. The lowest BCUT2D eigenvalue weighted by Crippen LogP contribution is -2.42. The third kappa shape index (κ3) is 5.26. The molecule has 2 aliphatic heterocycles. The van der Waals surface area contributed by atoms with E-state index in [0.717, 1.165) is 28.4 Å². The maximum Gasteiger partial charge on any atom is 0.418 e. The summed E-state index contributed by atoms with van der Waals surface area (Å²) in [7, 11) is 0. The van der Waals surface area contributed by atoms with E-state index in [-0.39, 0.29) is 22.0 Å². The maximum atomic E-state index is 14.1. The Balaban J connectivity index is 1.15. The zero-order chi connectivity index (χ0) is 34.4. The number of ether oxygens (including phenoxy) is 1. The SMILES string of the molecule is O=C(COc1ccc(Cl)cc1[C@H]1c2sc(=O)[nH]c2SC2C3CC(C4C(=O)N(c5ccccc5C(F)(F)F)C(=O)C34)C21)Nc1ccc(F)cc1. The molecule has 6 unspecified atom stereocenters. The highest BCUT2D eigenvalue weighted by Crippen LogP contribution is 2.69. The van der Waals surface area contributed by atoms with Gasteiger partial charge in [0.05, 0.1) is 28.1 Å². The first-order valence-corrected chi connectivity index (χ1v) is 17.4. The summed E-state index contributed by atoms with van der Waals surface area (Å²) in [5.74, 6) is -5.16. The van der Waals surface area contributed by atoms with E-state index in [1.54, 1.807) is 18.2 Å². The number of nitrogens with one attached hydrogen (secondary N) is 2. The topological polar surface area (TPSA) is 109 Å². The van der Waals surface area contributed by atoms with Crippen LogP contribution in [0.25, 0.3) is 0 Å². The number of thiazole rings is 1. The minimum Gasteiger partial charge on any atom is -0.483 e. The zero-order valence-electron chi connectivity index (χ0n) is 25.0. The lowest BCUT2D eigenvalue weighted by molar-refractivity contribution is -0.137. The maximum absolute atomic E-state index is 14.1. The second-order valence-electron chi connectivity index (χ2n) is 12.5. The number of hydrogen-bond donors (Lipinski definition) is 2. The Kier molecular flexibility index (Phi) is 7.68. The van der Waals surface area contributed by atoms with Crippen molar-refractivity contribution in [3.05, 3.63) is 103 Å². The van der Waals surface area contributed by atoms with E-state index in [9.17, 15) is 36.7 Å². The standard InChI is InChI=1S/C34H24ClF4N3O5S2/c35-14-5-10-22(47-13-23(43)40-16-8-6-15(36)7-9-16)17(11-14)24-25-18-12-19(28(25)48-30-29(24)49-33(46)41-30)27-26(18)31(44)42(32(27)45)21-4-2-1-3-20(21)34(37,38)39/h1-11,18-19,24-28H,12-13H2,(H,40,43)(H,41,46)/t18?,19?,24-,25?,26?,27?,28?/m1/s1. The van der Waals surface area contributed by atoms with E-state index in [0.29, 0.717) is 38.3 Å². The third-order valence-corrected chi connectivity index (χ3v) is 12.8.